The van der Waals surface area contributed by atoms with Crippen LogP contribution in [0.4, 0.5) is 0 Å². The third-order valence-electron chi connectivity index (χ3n) is 3.33. The summed E-state index contributed by atoms with van der Waals surface area (Å²) in [4.78, 5) is 11.4. The van der Waals surface area contributed by atoms with Crippen molar-refractivity contribution < 1.29 is 4.79 Å². The van der Waals surface area contributed by atoms with Crippen molar-refractivity contribution in [2.75, 3.05) is 12.4 Å². The van der Waals surface area contributed by atoms with Gasteiger partial charge in [0.1, 0.15) is 0 Å². The molecule has 0 aromatic carbocycles. The third-order valence-corrected chi connectivity index (χ3v) is 3.73. The Kier molecular flexibility index (Phi) is 6.07. The fourth-order valence-electron chi connectivity index (χ4n) is 2.26. The first-order chi connectivity index (χ1) is 7.27. The van der Waals surface area contributed by atoms with Crippen LogP contribution in [0.1, 0.15) is 45.4 Å². The predicted octanol–water partition coefficient (Wildman–Crippen LogP) is 2.95. The lowest BCUT2D eigenvalue weighted by Gasteiger charge is -2.17. The monoisotopic (exact) mass is 231 g/mol. The van der Waals surface area contributed by atoms with Crippen LogP contribution in [0, 0.1) is 11.8 Å². The maximum atomic E-state index is 11.4. The predicted molar refractivity (Wildman–Crippen MR) is 64.1 cm³/mol. The minimum absolute atomic E-state index is 0.206. The molecule has 0 heterocycles. The fraction of sp³-hybridized carbons (Fsp3) is 0.917. The highest BCUT2D eigenvalue weighted by molar-refractivity contribution is 6.18. The largest absolute Gasteiger partial charge is 0.356 e. The van der Waals surface area contributed by atoms with E-state index in [0.29, 0.717) is 18.3 Å². The van der Waals surface area contributed by atoms with E-state index in [1.54, 1.807) is 0 Å². The molecule has 0 bridgehead atoms. The van der Waals surface area contributed by atoms with E-state index in [1.165, 1.54) is 19.3 Å². The highest BCUT2D eigenvalue weighted by Crippen LogP contribution is 2.31. The fourth-order valence-corrected chi connectivity index (χ4v) is 2.66. The van der Waals surface area contributed by atoms with E-state index in [1.807, 2.05) is 0 Å². The smallest absolute Gasteiger partial charge is 0.220 e. The van der Waals surface area contributed by atoms with Crippen LogP contribution >= 0.6 is 11.6 Å². The minimum atomic E-state index is 0.206. The number of carbonyl (C=O) groups is 1. The molecule has 1 amide bonds. The quantitative estimate of drug-likeness (QED) is 0.700. The Labute approximate surface area is 97.8 Å². The molecular formula is C12H22ClNO. The van der Waals surface area contributed by atoms with Gasteiger partial charge in [-0.15, -0.1) is 11.6 Å². The lowest BCUT2D eigenvalue weighted by atomic mass is 9.98. The summed E-state index contributed by atoms with van der Waals surface area (Å²) in [5, 5.41) is 3.03. The number of hydrogen-bond donors (Lipinski definition) is 1. The Morgan fingerprint density at radius 1 is 1.40 bits per heavy atom. The normalized spacial score (nSPS) is 25.5. The van der Waals surface area contributed by atoms with Crippen LogP contribution in [0.25, 0.3) is 0 Å². The molecule has 1 aliphatic carbocycles. The van der Waals surface area contributed by atoms with Gasteiger partial charge in [0, 0.05) is 18.8 Å². The molecule has 0 aromatic heterocycles. The Morgan fingerprint density at radius 3 is 2.80 bits per heavy atom. The summed E-state index contributed by atoms with van der Waals surface area (Å²) in [6.07, 6.45) is 6.49. The number of carbonyl (C=O) groups excluding carboxylic acids is 1. The average Bonchev–Trinajstić information content (AvgIpc) is 2.70. The van der Waals surface area contributed by atoms with Gasteiger partial charge in [-0.2, -0.15) is 0 Å². The van der Waals surface area contributed by atoms with Crippen molar-refractivity contribution in [3.8, 4) is 0 Å². The van der Waals surface area contributed by atoms with Gasteiger partial charge in [-0.05, 0) is 31.1 Å². The molecule has 1 rings (SSSR count). The van der Waals surface area contributed by atoms with E-state index in [2.05, 4.69) is 12.2 Å². The van der Waals surface area contributed by atoms with Crippen LogP contribution in [-0.4, -0.2) is 18.3 Å². The molecule has 1 saturated carbocycles. The van der Waals surface area contributed by atoms with Crippen molar-refractivity contribution >= 4 is 17.5 Å². The second-order valence-corrected chi connectivity index (χ2v) is 4.82. The van der Waals surface area contributed by atoms with Crippen molar-refractivity contribution in [3.05, 3.63) is 0 Å². The third kappa shape index (κ3) is 4.42. The number of unbranched alkanes of at least 4 members (excludes halogenated alkanes) is 1. The molecule has 0 spiro atoms. The maximum absolute atomic E-state index is 11.4. The summed E-state index contributed by atoms with van der Waals surface area (Å²) in [5.74, 6) is 2.19. The molecule has 88 valence electrons. The average molecular weight is 232 g/mol. The molecule has 3 heteroatoms. The summed E-state index contributed by atoms with van der Waals surface area (Å²) >= 11 is 5.89. The molecule has 1 N–H and O–H groups in total. The van der Waals surface area contributed by atoms with Gasteiger partial charge in [0.25, 0.3) is 0 Å². The molecule has 2 atom stereocenters. The van der Waals surface area contributed by atoms with Crippen LogP contribution in [-0.2, 0) is 4.79 Å². The number of nitrogens with one attached hydrogen (secondary N) is 1. The Hall–Kier alpha value is -0.240. The topological polar surface area (TPSA) is 29.1 Å². The van der Waals surface area contributed by atoms with Crippen molar-refractivity contribution in [3.63, 3.8) is 0 Å². The van der Waals surface area contributed by atoms with E-state index in [0.717, 1.165) is 25.3 Å². The highest BCUT2D eigenvalue weighted by atomic mass is 35.5. The summed E-state index contributed by atoms with van der Waals surface area (Å²) in [6.45, 7) is 2.94. The molecule has 2 nitrogen and oxygen atoms in total. The molecule has 0 radical (unpaired) electrons. The first kappa shape index (κ1) is 12.8. The lowest BCUT2D eigenvalue weighted by molar-refractivity contribution is -0.121. The summed E-state index contributed by atoms with van der Waals surface area (Å²) in [5.41, 5.74) is 0. The molecule has 0 aliphatic heterocycles. The molecule has 1 fully saturated rings. The number of hydrogen-bond acceptors (Lipinski definition) is 1. The first-order valence-electron chi connectivity index (χ1n) is 6.10. The van der Waals surface area contributed by atoms with Gasteiger partial charge in [0.15, 0.2) is 0 Å². The lowest BCUT2D eigenvalue weighted by Crippen LogP contribution is -2.31. The standard InChI is InChI=1S/C12H22ClNO/c1-2-3-7-12(15)14-9-11-6-4-5-10(11)8-13/h10-11H,2-9H2,1H3,(H,14,15). The first-order valence-corrected chi connectivity index (χ1v) is 6.64. The zero-order valence-electron chi connectivity index (χ0n) is 9.60. The summed E-state index contributed by atoms with van der Waals surface area (Å²) in [6, 6.07) is 0. The molecule has 2 unspecified atom stereocenters. The van der Waals surface area contributed by atoms with E-state index in [-0.39, 0.29) is 5.91 Å². The van der Waals surface area contributed by atoms with E-state index < -0.39 is 0 Å². The maximum Gasteiger partial charge on any atom is 0.220 e. The van der Waals surface area contributed by atoms with Gasteiger partial charge >= 0.3 is 0 Å². The van der Waals surface area contributed by atoms with Gasteiger partial charge < -0.3 is 5.32 Å². The number of amides is 1. The molecular weight excluding hydrogens is 210 g/mol. The van der Waals surface area contributed by atoms with E-state index in [9.17, 15) is 4.79 Å². The van der Waals surface area contributed by atoms with Gasteiger partial charge in [0.05, 0.1) is 0 Å². The Balaban J connectivity index is 2.15. The van der Waals surface area contributed by atoms with Gasteiger partial charge in [-0.25, -0.2) is 0 Å². The second kappa shape index (κ2) is 7.10. The van der Waals surface area contributed by atoms with Gasteiger partial charge in [-0.1, -0.05) is 19.8 Å². The zero-order valence-corrected chi connectivity index (χ0v) is 10.4. The Morgan fingerprint density at radius 2 is 2.13 bits per heavy atom. The number of alkyl halides is 1. The summed E-state index contributed by atoms with van der Waals surface area (Å²) < 4.78 is 0. The van der Waals surface area contributed by atoms with Crippen LogP contribution in [0.2, 0.25) is 0 Å². The number of halogens is 1. The van der Waals surface area contributed by atoms with Crippen molar-refractivity contribution in [1.29, 1.82) is 0 Å². The second-order valence-electron chi connectivity index (χ2n) is 4.51. The Bertz CT molecular complexity index is 196. The van der Waals surface area contributed by atoms with Crippen LogP contribution < -0.4 is 5.32 Å². The zero-order chi connectivity index (χ0) is 11.1. The van der Waals surface area contributed by atoms with E-state index in [4.69, 9.17) is 11.6 Å². The van der Waals surface area contributed by atoms with Gasteiger partial charge in [-0.3, -0.25) is 4.79 Å². The molecule has 1 aliphatic rings. The minimum Gasteiger partial charge on any atom is -0.356 e. The van der Waals surface area contributed by atoms with Crippen LogP contribution in [0.15, 0.2) is 0 Å². The van der Waals surface area contributed by atoms with Crippen molar-refractivity contribution in [1.82, 2.24) is 5.32 Å². The van der Waals surface area contributed by atoms with Crippen molar-refractivity contribution in [2.24, 2.45) is 11.8 Å². The van der Waals surface area contributed by atoms with Crippen LogP contribution in [0.5, 0.6) is 0 Å². The highest BCUT2D eigenvalue weighted by Gasteiger charge is 2.26. The molecule has 0 aromatic rings. The molecule has 15 heavy (non-hydrogen) atoms. The molecule has 0 saturated heterocycles. The number of rotatable bonds is 6. The van der Waals surface area contributed by atoms with Gasteiger partial charge in [0.2, 0.25) is 5.91 Å². The SMILES string of the molecule is CCCCC(=O)NCC1CCCC1CCl. The van der Waals surface area contributed by atoms with E-state index >= 15 is 0 Å². The van der Waals surface area contributed by atoms with Crippen LogP contribution in [0.3, 0.4) is 0 Å². The summed E-state index contributed by atoms with van der Waals surface area (Å²) in [7, 11) is 0. The van der Waals surface area contributed by atoms with Crippen molar-refractivity contribution in [2.45, 2.75) is 45.4 Å².